The van der Waals surface area contributed by atoms with Crippen molar-refractivity contribution in [3.8, 4) is 0 Å². The molecule has 0 radical (unpaired) electrons. The van der Waals surface area contributed by atoms with E-state index in [1.807, 2.05) is 30.3 Å². The zero-order chi connectivity index (χ0) is 12.3. The molecule has 0 bridgehead atoms. The maximum Gasteiger partial charge on any atom is 0.124 e. The van der Waals surface area contributed by atoms with Crippen molar-refractivity contribution < 1.29 is 4.39 Å². The van der Waals surface area contributed by atoms with Crippen LogP contribution in [-0.4, -0.2) is 0 Å². The summed E-state index contributed by atoms with van der Waals surface area (Å²) in [6.07, 6.45) is 0.674. The molecule has 1 unspecified atom stereocenters. The molecule has 0 saturated heterocycles. The first-order valence-electron chi connectivity index (χ1n) is 5.30. The summed E-state index contributed by atoms with van der Waals surface area (Å²) < 4.78 is 12.9. The number of hydrogen-bond acceptors (Lipinski definition) is 0. The molecule has 1 atom stereocenters. The third-order valence-corrected chi connectivity index (χ3v) is 3.27. The summed E-state index contributed by atoms with van der Waals surface area (Å²) in [5.41, 5.74) is 1.89. The molecule has 17 heavy (non-hydrogen) atoms. The van der Waals surface area contributed by atoms with Crippen LogP contribution in [0.3, 0.4) is 0 Å². The zero-order valence-electron chi connectivity index (χ0n) is 9.04. The van der Waals surface area contributed by atoms with E-state index < -0.39 is 0 Å². The Labute approximate surface area is 110 Å². The highest BCUT2D eigenvalue weighted by Crippen LogP contribution is 2.31. The third kappa shape index (κ3) is 3.21. The Bertz CT molecular complexity index is 497. The van der Waals surface area contributed by atoms with E-state index in [9.17, 15) is 4.39 Å². The minimum absolute atomic E-state index is 0.245. The molecule has 2 aromatic carbocycles. The summed E-state index contributed by atoms with van der Waals surface area (Å²) >= 11 is 12.3. The molecule has 0 aliphatic heterocycles. The van der Waals surface area contributed by atoms with E-state index in [4.69, 9.17) is 23.2 Å². The highest BCUT2D eigenvalue weighted by atomic mass is 35.5. The fourth-order valence-corrected chi connectivity index (χ4v) is 2.41. The lowest BCUT2D eigenvalue weighted by atomic mass is 10.0. The van der Waals surface area contributed by atoms with Gasteiger partial charge in [-0.2, -0.15) is 0 Å². The van der Waals surface area contributed by atoms with Crippen molar-refractivity contribution in [2.75, 3.05) is 0 Å². The highest BCUT2D eigenvalue weighted by molar-refractivity contribution is 6.32. The average molecular weight is 269 g/mol. The molecule has 0 amide bonds. The Hall–Kier alpha value is -1.05. The predicted octanol–water partition coefficient (Wildman–Crippen LogP) is 5.00. The van der Waals surface area contributed by atoms with E-state index in [0.29, 0.717) is 11.4 Å². The fraction of sp³-hybridized carbons (Fsp3) is 0.143. The van der Waals surface area contributed by atoms with Gasteiger partial charge in [-0.1, -0.05) is 48.0 Å². The Morgan fingerprint density at radius 1 is 1.06 bits per heavy atom. The highest BCUT2D eigenvalue weighted by Gasteiger charge is 2.13. The number of rotatable bonds is 3. The molecular formula is C14H11Cl2F. The first-order valence-corrected chi connectivity index (χ1v) is 6.11. The van der Waals surface area contributed by atoms with E-state index in [1.165, 1.54) is 12.1 Å². The maximum atomic E-state index is 12.9. The van der Waals surface area contributed by atoms with Gasteiger partial charge in [0.1, 0.15) is 5.82 Å². The third-order valence-electron chi connectivity index (χ3n) is 2.56. The van der Waals surface area contributed by atoms with Crippen LogP contribution in [0.2, 0.25) is 5.02 Å². The fourth-order valence-electron chi connectivity index (χ4n) is 1.69. The van der Waals surface area contributed by atoms with Crippen LogP contribution in [0.4, 0.5) is 4.39 Å². The summed E-state index contributed by atoms with van der Waals surface area (Å²) in [5, 5.41) is 0.131. The SMILES string of the molecule is Fc1ccc(C(Cl)Cc2ccccc2)c(Cl)c1. The average Bonchev–Trinajstić information content (AvgIpc) is 2.30. The molecule has 0 heterocycles. The Kier molecular flexibility index (Phi) is 4.03. The van der Waals surface area contributed by atoms with Crippen LogP contribution in [0, 0.1) is 5.82 Å². The van der Waals surface area contributed by atoms with E-state index >= 15 is 0 Å². The molecule has 0 nitrogen and oxygen atoms in total. The van der Waals surface area contributed by atoms with Crippen LogP contribution in [-0.2, 0) is 6.42 Å². The summed E-state index contributed by atoms with van der Waals surface area (Å²) in [7, 11) is 0. The van der Waals surface area contributed by atoms with Gasteiger partial charge < -0.3 is 0 Å². The zero-order valence-corrected chi connectivity index (χ0v) is 10.5. The van der Waals surface area contributed by atoms with Gasteiger partial charge >= 0.3 is 0 Å². The van der Waals surface area contributed by atoms with Crippen LogP contribution in [0.25, 0.3) is 0 Å². The van der Waals surface area contributed by atoms with E-state index in [2.05, 4.69) is 0 Å². The van der Waals surface area contributed by atoms with Gasteiger partial charge in [0, 0.05) is 5.02 Å². The van der Waals surface area contributed by atoms with Crippen molar-refractivity contribution >= 4 is 23.2 Å². The van der Waals surface area contributed by atoms with Crippen LogP contribution in [0.15, 0.2) is 48.5 Å². The second kappa shape index (κ2) is 5.52. The second-order valence-electron chi connectivity index (χ2n) is 3.82. The van der Waals surface area contributed by atoms with Crippen molar-refractivity contribution in [3.63, 3.8) is 0 Å². The normalized spacial score (nSPS) is 12.4. The van der Waals surface area contributed by atoms with Gasteiger partial charge in [-0.3, -0.25) is 0 Å². The van der Waals surface area contributed by atoms with Gasteiger partial charge in [0.2, 0.25) is 0 Å². The predicted molar refractivity (Wildman–Crippen MR) is 70.2 cm³/mol. The molecule has 0 saturated carbocycles. The quantitative estimate of drug-likeness (QED) is 0.688. The first-order chi connectivity index (χ1) is 8.16. The van der Waals surface area contributed by atoms with Crippen LogP contribution in [0.5, 0.6) is 0 Å². The lowest BCUT2D eigenvalue weighted by Crippen LogP contribution is -1.97. The van der Waals surface area contributed by atoms with Gasteiger partial charge in [-0.05, 0) is 29.7 Å². The lowest BCUT2D eigenvalue weighted by Gasteiger charge is -2.11. The van der Waals surface area contributed by atoms with Crippen molar-refractivity contribution in [1.82, 2.24) is 0 Å². The summed E-state index contributed by atoms with van der Waals surface area (Å²) in [6.45, 7) is 0. The minimum atomic E-state index is -0.345. The summed E-state index contributed by atoms with van der Waals surface area (Å²) in [4.78, 5) is 0. The smallest absolute Gasteiger partial charge is 0.124 e. The minimum Gasteiger partial charge on any atom is -0.207 e. The molecule has 0 aliphatic rings. The topological polar surface area (TPSA) is 0 Å². The number of halogens is 3. The molecular weight excluding hydrogens is 258 g/mol. The number of alkyl halides is 1. The Balaban J connectivity index is 2.17. The van der Waals surface area contributed by atoms with Crippen molar-refractivity contribution in [2.45, 2.75) is 11.8 Å². The van der Waals surface area contributed by atoms with Crippen LogP contribution < -0.4 is 0 Å². The molecule has 2 rings (SSSR count). The van der Waals surface area contributed by atoms with Crippen molar-refractivity contribution in [3.05, 3.63) is 70.5 Å². The first kappa shape index (κ1) is 12.4. The molecule has 88 valence electrons. The van der Waals surface area contributed by atoms with Gasteiger partial charge in [0.05, 0.1) is 5.38 Å². The largest absolute Gasteiger partial charge is 0.207 e. The molecule has 0 aliphatic carbocycles. The molecule has 3 heteroatoms. The molecule has 0 aromatic heterocycles. The Morgan fingerprint density at radius 2 is 1.76 bits per heavy atom. The second-order valence-corrected chi connectivity index (χ2v) is 4.76. The van der Waals surface area contributed by atoms with Crippen molar-refractivity contribution in [1.29, 1.82) is 0 Å². The molecule has 0 fully saturated rings. The van der Waals surface area contributed by atoms with Crippen LogP contribution in [0.1, 0.15) is 16.5 Å². The Morgan fingerprint density at radius 3 is 2.41 bits per heavy atom. The van der Waals surface area contributed by atoms with E-state index in [-0.39, 0.29) is 11.2 Å². The van der Waals surface area contributed by atoms with E-state index in [1.54, 1.807) is 6.07 Å². The molecule has 0 spiro atoms. The van der Waals surface area contributed by atoms with E-state index in [0.717, 1.165) is 11.1 Å². The van der Waals surface area contributed by atoms with Crippen molar-refractivity contribution in [2.24, 2.45) is 0 Å². The van der Waals surface area contributed by atoms with Crippen LogP contribution >= 0.6 is 23.2 Å². The molecule has 2 aromatic rings. The van der Waals surface area contributed by atoms with Gasteiger partial charge in [-0.25, -0.2) is 4.39 Å². The number of benzene rings is 2. The van der Waals surface area contributed by atoms with Gasteiger partial charge in [0.25, 0.3) is 0 Å². The maximum absolute atomic E-state index is 12.9. The summed E-state index contributed by atoms with van der Waals surface area (Å²) in [6, 6.07) is 14.2. The van der Waals surface area contributed by atoms with Gasteiger partial charge in [-0.15, -0.1) is 11.6 Å². The van der Waals surface area contributed by atoms with Gasteiger partial charge in [0.15, 0.2) is 0 Å². The monoisotopic (exact) mass is 268 g/mol. The standard InChI is InChI=1S/C14H11Cl2F/c15-13(8-10-4-2-1-3-5-10)12-7-6-11(17)9-14(12)16/h1-7,9,13H,8H2. The lowest BCUT2D eigenvalue weighted by molar-refractivity contribution is 0.627. The number of hydrogen-bond donors (Lipinski definition) is 0. The molecule has 0 N–H and O–H groups in total. The summed E-state index contributed by atoms with van der Waals surface area (Å²) in [5.74, 6) is -0.345.